The van der Waals surface area contributed by atoms with Gasteiger partial charge in [-0.3, -0.25) is 0 Å². The molecule has 0 N–H and O–H groups in total. The number of rotatable bonds is 11. The normalized spacial score (nSPS) is 11.9. The van der Waals surface area contributed by atoms with Crippen LogP contribution in [0.15, 0.2) is 66.7 Å². The summed E-state index contributed by atoms with van der Waals surface area (Å²) in [6.45, 7) is 2.21. The molecule has 4 aromatic rings. The highest BCUT2D eigenvalue weighted by molar-refractivity contribution is 5.84. The van der Waals surface area contributed by atoms with Crippen molar-refractivity contribution in [3.05, 3.63) is 118 Å². The monoisotopic (exact) mass is 542 g/mol. The van der Waals surface area contributed by atoms with Crippen molar-refractivity contribution < 1.29 is 26.3 Å². The van der Waals surface area contributed by atoms with Crippen LogP contribution in [0.5, 0.6) is 0 Å². The van der Waals surface area contributed by atoms with E-state index in [-0.39, 0.29) is 18.4 Å². The second-order valence-electron chi connectivity index (χ2n) is 10.2. The molecule has 0 unspecified atom stereocenters. The molecule has 0 atom stereocenters. The van der Waals surface area contributed by atoms with Crippen molar-refractivity contribution in [2.24, 2.45) is 0 Å². The molecule has 0 bridgehead atoms. The molecular weight excluding hydrogens is 510 g/mol. The highest BCUT2D eigenvalue weighted by atomic mass is 19.4. The molecule has 0 saturated heterocycles. The predicted octanol–water partition coefficient (Wildman–Crippen LogP) is 9.97. The van der Waals surface area contributed by atoms with Gasteiger partial charge in [0.25, 0.3) is 0 Å². The molecule has 0 aliphatic carbocycles. The molecule has 0 amide bonds. The van der Waals surface area contributed by atoms with Crippen LogP contribution in [0.25, 0.3) is 10.8 Å². The van der Waals surface area contributed by atoms with Crippen LogP contribution in [-0.4, -0.2) is 0 Å². The number of fused-ring (bicyclic) bond motifs is 1. The number of aryl methyl sites for hydroxylation is 5. The maximum atomic E-state index is 15.2. The van der Waals surface area contributed by atoms with Crippen molar-refractivity contribution in [1.29, 1.82) is 0 Å². The van der Waals surface area contributed by atoms with E-state index < -0.39 is 29.2 Å². The third-order valence-electron chi connectivity index (χ3n) is 7.21. The summed E-state index contributed by atoms with van der Waals surface area (Å²) in [7, 11) is 0. The van der Waals surface area contributed by atoms with Gasteiger partial charge in [0, 0.05) is 5.39 Å². The van der Waals surface area contributed by atoms with Crippen LogP contribution in [-0.2, 0) is 38.3 Å². The molecule has 4 aromatic carbocycles. The first kappa shape index (κ1) is 28.7. The minimum absolute atomic E-state index is 0.00399. The average molecular weight is 543 g/mol. The lowest BCUT2D eigenvalue weighted by Gasteiger charge is -2.12. The van der Waals surface area contributed by atoms with Gasteiger partial charge in [-0.2, -0.15) is 13.2 Å². The van der Waals surface area contributed by atoms with E-state index in [1.165, 1.54) is 36.8 Å². The largest absolute Gasteiger partial charge is 0.422 e. The SMILES string of the molecule is CCCCCCc1ccc(CCc2ccc3c(F)c(CCc4cc(F)c(C(F)(F)F)c(F)c4)ccc3c2)cc1. The van der Waals surface area contributed by atoms with Gasteiger partial charge < -0.3 is 0 Å². The molecule has 0 saturated carbocycles. The zero-order valence-corrected chi connectivity index (χ0v) is 22.0. The van der Waals surface area contributed by atoms with Crippen molar-refractivity contribution in [1.82, 2.24) is 0 Å². The van der Waals surface area contributed by atoms with Gasteiger partial charge in [0.05, 0.1) is 0 Å². The van der Waals surface area contributed by atoms with Crippen LogP contribution in [0.1, 0.15) is 66.0 Å². The van der Waals surface area contributed by atoms with Crippen molar-refractivity contribution in [3.8, 4) is 0 Å². The number of unbranched alkanes of at least 4 members (excludes halogenated alkanes) is 3. The minimum atomic E-state index is -5.12. The molecule has 6 heteroatoms. The van der Waals surface area contributed by atoms with E-state index in [2.05, 4.69) is 31.2 Å². The van der Waals surface area contributed by atoms with Gasteiger partial charge in [0.1, 0.15) is 23.0 Å². The number of alkyl halides is 3. The predicted molar refractivity (Wildman–Crippen MR) is 144 cm³/mol. The lowest BCUT2D eigenvalue weighted by molar-refractivity contribution is -0.142. The van der Waals surface area contributed by atoms with Crippen molar-refractivity contribution >= 4 is 10.8 Å². The van der Waals surface area contributed by atoms with E-state index >= 15 is 4.39 Å². The Labute approximate surface area is 225 Å². The molecule has 0 nitrogen and oxygen atoms in total. The molecule has 0 aliphatic rings. The van der Waals surface area contributed by atoms with Crippen molar-refractivity contribution in [2.45, 2.75) is 70.9 Å². The Kier molecular flexibility index (Phi) is 9.36. The first-order valence-electron chi connectivity index (χ1n) is 13.5. The molecule has 0 spiro atoms. The maximum absolute atomic E-state index is 15.2. The summed E-state index contributed by atoms with van der Waals surface area (Å²) >= 11 is 0. The molecule has 0 aromatic heterocycles. The standard InChI is InChI=1S/C33H32F6/c1-2-3-4-5-6-22-7-9-23(10-8-22)11-12-24-14-18-28-27(19-24)17-16-26(32(28)36)15-13-25-20-29(34)31(30(35)21-25)33(37,38)39/h7-10,14,16-21H,2-6,11-13,15H2,1H3. The minimum Gasteiger partial charge on any atom is -0.206 e. The van der Waals surface area contributed by atoms with E-state index in [0.29, 0.717) is 23.1 Å². The Balaban J connectivity index is 1.38. The quantitative estimate of drug-likeness (QED) is 0.131. The molecule has 39 heavy (non-hydrogen) atoms. The van der Waals surface area contributed by atoms with Gasteiger partial charge in [0.2, 0.25) is 0 Å². The molecule has 0 heterocycles. The highest BCUT2D eigenvalue weighted by Gasteiger charge is 2.37. The zero-order chi connectivity index (χ0) is 28.0. The molecule has 0 radical (unpaired) electrons. The van der Waals surface area contributed by atoms with Crippen LogP contribution in [0.3, 0.4) is 0 Å². The number of halogens is 6. The van der Waals surface area contributed by atoms with Gasteiger partial charge >= 0.3 is 6.18 Å². The Morgan fingerprint density at radius 2 is 1.15 bits per heavy atom. The summed E-state index contributed by atoms with van der Waals surface area (Å²) in [5, 5.41) is 1.19. The van der Waals surface area contributed by atoms with E-state index in [0.717, 1.165) is 30.2 Å². The average Bonchev–Trinajstić information content (AvgIpc) is 2.89. The summed E-state index contributed by atoms with van der Waals surface area (Å²) in [5.41, 5.74) is 2.18. The molecule has 0 fully saturated rings. The first-order valence-corrected chi connectivity index (χ1v) is 13.5. The summed E-state index contributed by atoms with van der Waals surface area (Å²) in [6.07, 6.45) is 2.79. The van der Waals surface area contributed by atoms with Gasteiger partial charge in [-0.25, -0.2) is 13.2 Å². The van der Waals surface area contributed by atoms with Crippen LogP contribution < -0.4 is 0 Å². The van der Waals surface area contributed by atoms with E-state index in [9.17, 15) is 22.0 Å². The van der Waals surface area contributed by atoms with Crippen LogP contribution in [0.4, 0.5) is 26.3 Å². The van der Waals surface area contributed by atoms with Crippen molar-refractivity contribution in [3.63, 3.8) is 0 Å². The molecule has 0 aliphatic heterocycles. The second kappa shape index (κ2) is 12.7. The van der Waals surface area contributed by atoms with Gasteiger partial charge in [0.15, 0.2) is 0 Å². The fourth-order valence-electron chi connectivity index (χ4n) is 4.97. The molecule has 206 valence electrons. The topological polar surface area (TPSA) is 0 Å². The Morgan fingerprint density at radius 3 is 1.79 bits per heavy atom. The van der Waals surface area contributed by atoms with Crippen LogP contribution in [0, 0.1) is 17.5 Å². The Bertz CT molecular complexity index is 1380. The molecule has 4 rings (SSSR count). The third kappa shape index (κ3) is 7.43. The van der Waals surface area contributed by atoms with E-state index in [1.807, 2.05) is 12.1 Å². The van der Waals surface area contributed by atoms with Crippen LogP contribution >= 0.6 is 0 Å². The van der Waals surface area contributed by atoms with Gasteiger partial charge in [-0.05, 0) is 83.9 Å². The fourth-order valence-corrected chi connectivity index (χ4v) is 4.97. The van der Waals surface area contributed by atoms with Gasteiger partial charge in [-0.15, -0.1) is 0 Å². The third-order valence-corrected chi connectivity index (χ3v) is 7.21. The number of benzene rings is 4. The maximum Gasteiger partial charge on any atom is 0.422 e. The van der Waals surface area contributed by atoms with Gasteiger partial charge in [-0.1, -0.05) is 80.8 Å². The summed E-state index contributed by atoms with van der Waals surface area (Å²) in [6, 6.07) is 19.1. The van der Waals surface area contributed by atoms with Crippen molar-refractivity contribution in [2.75, 3.05) is 0 Å². The van der Waals surface area contributed by atoms with E-state index in [4.69, 9.17) is 0 Å². The Morgan fingerprint density at radius 1 is 0.564 bits per heavy atom. The smallest absolute Gasteiger partial charge is 0.206 e. The molecular formula is C33H32F6. The lowest BCUT2D eigenvalue weighted by Crippen LogP contribution is -2.12. The van der Waals surface area contributed by atoms with E-state index in [1.54, 1.807) is 18.2 Å². The van der Waals surface area contributed by atoms with Crippen LogP contribution in [0.2, 0.25) is 0 Å². The number of hydrogen-bond donors (Lipinski definition) is 0. The number of hydrogen-bond acceptors (Lipinski definition) is 0. The first-order chi connectivity index (χ1) is 18.7. The summed E-state index contributed by atoms with van der Waals surface area (Å²) in [4.78, 5) is 0. The Hall–Kier alpha value is -3.28. The summed E-state index contributed by atoms with van der Waals surface area (Å²) in [5.74, 6) is -3.76. The lowest BCUT2D eigenvalue weighted by atomic mass is 9.96. The highest BCUT2D eigenvalue weighted by Crippen LogP contribution is 2.34. The fraction of sp³-hybridized carbons (Fsp3) is 0.333. The zero-order valence-electron chi connectivity index (χ0n) is 22.0. The second-order valence-corrected chi connectivity index (χ2v) is 10.2. The summed E-state index contributed by atoms with van der Waals surface area (Å²) < 4.78 is 81.4.